The molecule has 1 amide bonds. The number of likely N-dealkylation sites (tertiary alicyclic amines) is 1. The number of rotatable bonds is 6. The zero-order valence-electron chi connectivity index (χ0n) is 23.3. The summed E-state index contributed by atoms with van der Waals surface area (Å²) in [6, 6.07) is 19.7. The zero-order valence-corrected chi connectivity index (χ0v) is 23.3. The number of H-pyrrole nitrogens is 1. The molecule has 1 aliphatic heterocycles. The molecule has 1 saturated heterocycles. The first kappa shape index (κ1) is 25.8. The fourth-order valence-electron chi connectivity index (χ4n) is 5.78. The molecule has 11 heteroatoms. The van der Waals surface area contributed by atoms with Gasteiger partial charge in [0.05, 0.1) is 6.20 Å². The van der Waals surface area contributed by atoms with Gasteiger partial charge in [-0.1, -0.05) is 36.4 Å². The van der Waals surface area contributed by atoms with Gasteiger partial charge in [-0.15, -0.1) is 10.2 Å². The minimum absolute atomic E-state index is 0.0387. The summed E-state index contributed by atoms with van der Waals surface area (Å²) in [5.41, 5.74) is 6.64. The van der Waals surface area contributed by atoms with Gasteiger partial charge in [0.2, 0.25) is 5.89 Å². The Kier molecular flexibility index (Phi) is 6.54. The summed E-state index contributed by atoms with van der Waals surface area (Å²) in [5.74, 6) is 1.25. The third kappa shape index (κ3) is 4.83. The maximum atomic E-state index is 13.5. The smallest absolute Gasteiger partial charge is 0.272 e. The molecule has 4 aromatic heterocycles. The predicted molar refractivity (Wildman–Crippen MR) is 155 cm³/mol. The molecule has 0 saturated carbocycles. The summed E-state index contributed by atoms with van der Waals surface area (Å²) >= 11 is 0. The van der Waals surface area contributed by atoms with Crippen molar-refractivity contribution < 1.29 is 9.21 Å². The molecular weight excluding hydrogens is 530 g/mol. The molecule has 5 heterocycles. The molecule has 2 aromatic carbocycles. The van der Waals surface area contributed by atoms with Crippen molar-refractivity contribution in [3.05, 3.63) is 95.8 Å². The zero-order chi connectivity index (χ0) is 28.6. The fourth-order valence-corrected chi connectivity index (χ4v) is 5.78. The summed E-state index contributed by atoms with van der Waals surface area (Å²) in [6.07, 6.45) is 5.06. The maximum Gasteiger partial charge on any atom is 0.272 e. The number of benzene rings is 2. The first-order chi connectivity index (χ1) is 20.5. The van der Waals surface area contributed by atoms with Crippen LogP contribution in [0.4, 0.5) is 0 Å². The molecule has 0 spiro atoms. The first-order valence-corrected chi connectivity index (χ1v) is 14.0. The second-order valence-electron chi connectivity index (χ2n) is 10.7. The minimum atomic E-state index is -0.102. The molecule has 0 bridgehead atoms. The van der Waals surface area contributed by atoms with Crippen LogP contribution in [-0.2, 0) is 0 Å². The van der Waals surface area contributed by atoms with Crippen LogP contribution in [0, 0.1) is 19.8 Å². The number of aryl methyl sites for hydroxylation is 2. The molecule has 0 radical (unpaired) electrons. The Morgan fingerprint density at radius 2 is 1.86 bits per heavy atom. The van der Waals surface area contributed by atoms with Gasteiger partial charge in [-0.2, -0.15) is 9.90 Å². The normalized spacial score (nSPS) is 14.9. The van der Waals surface area contributed by atoms with E-state index in [4.69, 9.17) is 9.40 Å². The lowest BCUT2D eigenvalue weighted by molar-refractivity contribution is 0.0658. The van der Waals surface area contributed by atoms with E-state index in [2.05, 4.69) is 42.7 Å². The van der Waals surface area contributed by atoms with Gasteiger partial charge >= 0.3 is 0 Å². The summed E-state index contributed by atoms with van der Waals surface area (Å²) in [5, 5.41) is 20.0. The summed E-state index contributed by atoms with van der Waals surface area (Å²) < 4.78 is 6.06. The van der Waals surface area contributed by atoms with Gasteiger partial charge in [-0.3, -0.25) is 14.9 Å². The monoisotopic (exact) mass is 559 g/mol. The molecule has 1 N–H and O–H groups in total. The number of aromatic nitrogens is 8. The van der Waals surface area contributed by atoms with Crippen molar-refractivity contribution in [2.45, 2.75) is 32.7 Å². The van der Waals surface area contributed by atoms with E-state index in [9.17, 15) is 4.79 Å². The van der Waals surface area contributed by atoms with Crippen molar-refractivity contribution >= 4 is 17.0 Å². The van der Waals surface area contributed by atoms with Crippen molar-refractivity contribution in [2.75, 3.05) is 13.1 Å². The number of nitrogens with zero attached hydrogens (tertiary/aromatic N) is 8. The van der Waals surface area contributed by atoms with E-state index in [1.54, 1.807) is 23.3 Å². The van der Waals surface area contributed by atoms with Crippen molar-refractivity contribution in [3.8, 4) is 22.6 Å². The predicted octanol–water partition coefficient (Wildman–Crippen LogP) is 5.03. The van der Waals surface area contributed by atoms with Crippen molar-refractivity contribution in [1.29, 1.82) is 0 Å². The van der Waals surface area contributed by atoms with Crippen LogP contribution >= 0.6 is 0 Å². The Bertz CT molecular complexity index is 1870. The lowest BCUT2D eigenvalue weighted by Gasteiger charge is -2.35. The molecule has 42 heavy (non-hydrogen) atoms. The third-order valence-corrected chi connectivity index (χ3v) is 7.95. The largest absolute Gasteiger partial charge is 0.436 e. The number of nitrogens with one attached hydrogen (secondary N) is 1. The van der Waals surface area contributed by atoms with Gasteiger partial charge < -0.3 is 9.32 Å². The van der Waals surface area contributed by atoms with E-state index in [0.29, 0.717) is 41.6 Å². The van der Waals surface area contributed by atoms with Gasteiger partial charge in [0.1, 0.15) is 17.3 Å². The number of piperidine rings is 1. The van der Waals surface area contributed by atoms with Crippen LogP contribution in [0.3, 0.4) is 0 Å². The van der Waals surface area contributed by atoms with Crippen molar-refractivity contribution in [2.24, 2.45) is 5.92 Å². The topological polar surface area (TPSA) is 132 Å². The molecule has 7 rings (SSSR count). The molecule has 1 fully saturated rings. The first-order valence-electron chi connectivity index (χ1n) is 14.0. The lowest BCUT2D eigenvalue weighted by Crippen LogP contribution is -2.41. The van der Waals surface area contributed by atoms with Gasteiger partial charge in [0.25, 0.3) is 5.91 Å². The van der Waals surface area contributed by atoms with E-state index >= 15 is 0 Å². The highest BCUT2D eigenvalue weighted by molar-refractivity contribution is 5.93. The summed E-state index contributed by atoms with van der Waals surface area (Å²) in [7, 11) is 0. The lowest BCUT2D eigenvalue weighted by atomic mass is 9.85. The van der Waals surface area contributed by atoms with E-state index in [1.165, 1.54) is 0 Å². The second kappa shape index (κ2) is 10.7. The molecule has 210 valence electrons. The number of carbonyl (C=O) groups excluding carboxylic acids is 1. The fraction of sp³-hybridized carbons (Fsp3) is 0.258. The number of aromatic amines is 1. The molecule has 1 atom stereocenters. The average Bonchev–Trinajstić information content (AvgIpc) is 3.77. The van der Waals surface area contributed by atoms with E-state index in [0.717, 1.165) is 40.7 Å². The van der Waals surface area contributed by atoms with Crippen LogP contribution in [0.15, 0.2) is 77.5 Å². The van der Waals surface area contributed by atoms with E-state index in [-0.39, 0.29) is 17.9 Å². The van der Waals surface area contributed by atoms with Gasteiger partial charge in [0.15, 0.2) is 11.4 Å². The Labute approximate surface area is 241 Å². The van der Waals surface area contributed by atoms with Crippen LogP contribution < -0.4 is 0 Å². The van der Waals surface area contributed by atoms with Crippen LogP contribution in [0.5, 0.6) is 0 Å². The quantitative estimate of drug-likeness (QED) is 0.301. The number of hydrogen-bond donors (Lipinski definition) is 1. The van der Waals surface area contributed by atoms with Crippen molar-refractivity contribution in [3.63, 3.8) is 0 Å². The Morgan fingerprint density at radius 1 is 1.02 bits per heavy atom. The minimum Gasteiger partial charge on any atom is -0.436 e. The number of hydrogen-bond acceptors (Lipinski definition) is 8. The Morgan fingerprint density at radius 3 is 2.60 bits per heavy atom. The number of amides is 1. The Hall–Kier alpha value is -5.19. The number of fused-ring (bicyclic) bond motifs is 1. The van der Waals surface area contributed by atoms with Crippen LogP contribution in [0.1, 0.15) is 46.5 Å². The number of oxazole rings is 1. The summed E-state index contributed by atoms with van der Waals surface area (Å²) in [4.78, 5) is 26.3. The molecule has 0 unspecified atom stereocenters. The van der Waals surface area contributed by atoms with Crippen LogP contribution in [-0.4, -0.2) is 64.3 Å². The maximum absolute atomic E-state index is 13.5. The van der Waals surface area contributed by atoms with Crippen LogP contribution in [0.25, 0.3) is 33.7 Å². The molecule has 0 aliphatic carbocycles. The highest BCUT2D eigenvalue weighted by Gasteiger charge is 2.32. The second-order valence-corrected chi connectivity index (χ2v) is 10.7. The van der Waals surface area contributed by atoms with Crippen molar-refractivity contribution in [1.82, 2.24) is 45.3 Å². The van der Waals surface area contributed by atoms with E-state index in [1.807, 2.05) is 61.2 Å². The van der Waals surface area contributed by atoms with Gasteiger partial charge in [-0.05, 0) is 73.2 Å². The molecule has 11 nitrogen and oxygen atoms in total. The highest BCUT2D eigenvalue weighted by Crippen LogP contribution is 2.34. The SMILES string of the molecule is Cc1nnn([C@H](c2ccccc2)C2CCN(C(=O)c3cc(-c4nc5cc(-c6cn[nH]c6C)ccc5o4)ccn3)CC2)n1. The van der Waals surface area contributed by atoms with Gasteiger partial charge in [0, 0.05) is 36.1 Å². The standard InChI is InChI=1S/C31H29N9O2/c1-19-25(18-33-35-19)23-8-9-28-26(16-23)34-30(42-28)24-10-13-32-27(17-24)31(41)39-14-11-22(12-15-39)29(21-6-4-3-5-7-21)40-37-20(2)36-38-40/h3-10,13,16-18,22,29H,11-12,14-15H2,1-2H3,(H,33,35)/t29-/m1/s1. The van der Waals surface area contributed by atoms with E-state index < -0.39 is 0 Å². The van der Waals surface area contributed by atoms with Gasteiger partial charge in [-0.25, -0.2) is 4.98 Å². The number of carbonyl (C=O) groups is 1. The number of tetrazole rings is 1. The average molecular weight is 560 g/mol. The summed E-state index contributed by atoms with van der Waals surface area (Å²) in [6.45, 7) is 5.06. The molecular formula is C31H29N9O2. The molecule has 1 aliphatic rings. The molecule has 6 aromatic rings. The van der Waals surface area contributed by atoms with Crippen LogP contribution in [0.2, 0.25) is 0 Å². The number of pyridine rings is 1. The highest BCUT2D eigenvalue weighted by atomic mass is 16.3. The Balaban J connectivity index is 1.08. The third-order valence-electron chi connectivity index (χ3n) is 7.95.